The van der Waals surface area contributed by atoms with Crippen molar-refractivity contribution in [3.8, 4) is 0 Å². The Balaban J connectivity index is 0.000000531. The average molecular weight is 313 g/mol. The normalized spacial score (nSPS) is 18.1. The Morgan fingerprint density at radius 3 is 2.47 bits per heavy atom. The number of nitrogens with one attached hydrogen (secondary N) is 2. The first-order valence-electron chi connectivity index (χ1n) is 4.59. The summed E-state index contributed by atoms with van der Waals surface area (Å²) in [6.07, 6.45) is 0.943. The molecule has 1 aliphatic rings. The third kappa shape index (κ3) is 3.90. The molecule has 5 heteroatoms. The van der Waals surface area contributed by atoms with Crippen molar-refractivity contribution in [2.45, 2.75) is 12.5 Å². The molecule has 0 aromatic heterocycles. The van der Waals surface area contributed by atoms with Crippen molar-refractivity contribution in [2.75, 3.05) is 11.9 Å². The molecule has 2 rings (SSSR count). The Bertz CT molecular complexity index is 304. The van der Waals surface area contributed by atoms with Gasteiger partial charge in [-0.1, -0.05) is 18.2 Å². The monoisotopic (exact) mass is 313 g/mol. The van der Waals surface area contributed by atoms with Gasteiger partial charge in [-0.3, -0.25) is 4.79 Å². The molecule has 0 saturated carbocycles. The zero-order valence-electron chi connectivity index (χ0n) is 8.02. The van der Waals surface area contributed by atoms with E-state index < -0.39 is 0 Å². The standard InChI is InChI=1S/C10H12N2O.ClH.Ru/c13-10(9-6-7-11-9)12-8-4-2-1-3-5-8;;/h1-5,9,11H,6-7H2,(H,12,13);1H;/q;;+1/p-1. The van der Waals surface area contributed by atoms with E-state index in [-0.39, 0.29) is 11.9 Å². The van der Waals surface area contributed by atoms with Crippen LogP contribution in [0.3, 0.4) is 0 Å². The van der Waals surface area contributed by atoms with Crippen LogP contribution in [0.4, 0.5) is 5.69 Å². The van der Waals surface area contributed by atoms with Crippen molar-refractivity contribution in [2.24, 2.45) is 0 Å². The molecule has 2 N–H and O–H groups in total. The van der Waals surface area contributed by atoms with Crippen molar-refractivity contribution in [1.29, 1.82) is 0 Å². The molecule has 1 fully saturated rings. The first kappa shape index (κ1) is 12.6. The summed E-state index contributed by atoms with van der Waals surface area (Å²) in [5, 5.41) is 5.90. The Labute approximate surface area is 103 Å². The van der Waals surface area contributed by atoms with Gasteiger partial charge in [-0.15, -0.1) is 0 Å². The fourth-order valence-corrected chi connectivity index (χ4v) is 1.26. The summed E-state index contributed by atoms with van der Waals surface area (Å²) in [6, 6.07) is 9.53. The van der Waals surface area contributed by atoms with Crippen molar-refractivity contribution < 1.29 is 22.1 Å². The topological polar surface area (TPSA) is 41.1 Å². The van der Waals surface area contributed by atoms with E-state index >= 15 is 0 Å². The van der Waals surface area contributed by atoms with Crippen LogP contribution in [0.5, 0.6) is 0 Å². The number of carbonyl (C=O) groups excluding carboxylic acids is 1. The molecule has 1 atom stereocenters. The first-order valence-corrected chi connectivity index (χ1v) is 6.83. The number of halogens is 1. The summed E-state index contributed by atoms with van der Waals surface area (Å²) < 4.78 is 0. The molecule has 83 valence electrons. The number of para-hydroxylation sites is 1. The zero-order chi connectivity index (χ0) is 11.1. The molecule has 0 radical (unpaired) electrons. The van der Waals surface area contributed by atoms with E-state index in [0.29, 0.717) is 0 Å². The van der Waals surface area contributed by atoms with Crippen LogP contribution in [0.15, 0.2) is 30.3 Å². The van der Waals surface area contributed by atoms with E-state index in [2.05, 4.69) is 20.3 Å². The summed E-state index contributed by atoms with van der Waals surface area (Å²) in [5.74, 6) is 0.0671. The Kier molecular flexibility index (Phi) is 5.84. The molecule has 0 spiro atoms. The van der Waals surface area contributed by atoms with Gasteiger partial charge >= 0.3 is 27.0 Å². The molecule has 1 aliphatic heterocycles. The van der Waals surface area contributed by atoms with E-state index in [0.717, 1.165) is 18.7 Å². The van der Waals surface area contributed by atoms with Crippen LogP contribution in [0, 0.1) is 0 Å². The van der Waals surface area contributed by atoms with Gasteiger partial charge < -0.3 is 10.6 Å². The van der Waals surface area contributed by atoms with Crippen molar-refractivity contribution in [1.82, 2.24) is 5.32 Å². The summed E-state index contributed by atoms with van der Waals surface area (Å²) in [7, 11) is 4.57. The molecular formula is C10H12ClN2ORu. The van der Waals surface area contributed by atoms with Gasteiger partial charge in [-0.25, -0.2) is 0 Å². The minimum absolute atomic E-state index is 0.0141. The van der Waals surface area contributed by atoms with Crippen LogP contribution in [-0.4, -0.2) is 18.5 Å². The zero-order valence-corrected chi connectivity index (χ0v) is 10.5. The maximum atomic E-state index is 11.4. The number of rotatable bonds is 2. The fraction of sp³-hybridized carbons (Fsp3) is 0.300. The van der Waals surface area contributed by atoms with Crippen LogP contribution in [0.2, 0.25) is 0 Å². The van der Waals surface area contributed by atoms with Gasteiger partial charge in [-0.05, 0) is 25.1 Å². The third-order valence-corrected chi connectivity index (χ3v) is 2.18. The molecular weight excluding hydrogens is 301 g/mol. The third-order valence-electron chi connectivity index (χ3n) is 2.18. The molecule has 1 aromatic carbocycles. The van der Waals surface area contributed by atoms with E-state index in [1.165, 1.54) is 0 Å². The van der Waals surface area contributed by atoms with Crippen LogP contribution in [0.25, 0.3) is 0 Å². The fourth-order valence-electron chi connectivity index (χ4n) is 1.26. The molecule has 1 saturated heterocycles. The number of carbonyl (C=O) groups is 1. The van der Waals surface area contributed by atoms with Gasteiger partial charge in [0.15, 0.2) is 0 Å². The molecule has 0 aliphatic carbocycles. The summed E-state index contributed by atoms with van der Waals surface area (Å²) in [5.41, 5.74) is 0.862. The predicted molar refractivity (Wildman–Crippen MR) is 57.3 cm³/mol. The Morgan fingerprint density at radius 2 is 2.00 bits per heavy atom. The van der Waals surface area contributed by atoms with Gasteiger partial charge in [0, 0.05) is 5.69 Å². The van der Waals surface area contributed by atoms with Gasteiger partial charge in [-0.2, -0.15) is 0 Å². The predicted octanol–water partition coefficient (Wildman–Crippen LogP) is 1.67. The van der Waals surface area contributed by atoms with E-state index in [1.54, 1.807) is 0 Å². The molecule has 1 aromatic rings. The summed E-state index contributed by atoms with van der Waals surface area (Å²) in [4.78, 5) is 11.4. The van der Waals surface area contributed by atoms with Crippen molar-refractivity contribution >= 4 is 21.3 Å². The molecule has 0 bridgehead atoms. The van der Waals surface area contributed by atoms with Crippen molar-refractivity contribution in [3.05, 3.63) is 30.3 Å². The molecule has 1 unspecified atom stereocenters. The summed E-state index contributed by atoms with van der Waals surface area (Å²) >= 11 is 1.82. The minimum atomic E-state index is 0.0141. The number of anilines is 1. The van der Waals surface area contributed by atoms with Gasteiger partial charge in [0.1, 0.15) is 0 Å². The van der Waals surface area contributed by atoms with E-state index in [4.69, 9.17) is 0 Å². The second kappa shape index (κ2) is 6.94. The number of benzene rings is 1. The Hall–Kier alpha value is -0.437. The first-order chi connectivity index (χ1) is 7.36. The van der Waals surface area contributed by atoms with Gasteiger partial charge in [0.2, 0.25) is 5.91 Å². The molecule has 1 amide bonds. The van der Waals surface area contributed by atoms with E-state index in [1.807, 2.05) is 47.6 Å². The second-order valence-electron chi connectivity index (χ2n) is 3.15. The van der Waals surface area contributed by atoms with Crippen LogP contribution < -0.4 is 10.6 Å². The van der Waals surface area contributed by atoms with Crippen LogP contribution in [0.1, 0.15) is 6.42 Å². The number of hydrogen-bond acceptors (Lipinski definition) is 2. The van der Waals surface area contributed by atoms with Gasteiger partial charge in [0.25, 0.3) is 0 Å². The Morgan fingerprint density at radius 1 is 1.40 bits per heavy atom. The molecule has 1 heterocycles. The van der Waals surface area contributed by atoms with E-state index in [9.17, 15) is 4.79 Å². The molecule has 3 nitrogen and oxygen atoms in total. The average Bonchev–Trinajstić information content (AvgIpc) is 2.19. The quantitative estimate of drug-likeness (QED) is 0.816. The number of hydrogen-bond donors (Lipinski definition) is 2. The van der Waals surface area contributed by atoms with Crippen LogP contribution in [-0.2, 0) is 22.1 Å². The number of amides is 1. The van der Waals surface area contributed by atoms with Gasteiger partial charge in [0.05, 0.1) is 6.04 Å². The molecule has 15 heavy (non-hydrogen) atoms. The SMILES string of the molecule is O=C(Nc1ccccc1)C1CCN1.[Cl][Ru]. The second-order valence-corrected chi connectivity index (χ2v) is 3.15. The van der Waals surface area contributed by atoms with Crippen molar-refractivity contribution in [3.63, 3.8) is 0 Å². The summed E-state index contributed by atoms with van der Waals surface area (Å²) in [6.45, 7) is 0.951. The maximum absolute atomic E-state index is 11.4. The van der Waals surface area contributed by atoms with Crippen LogP contribution >= 0.6 is 9.69 Å².